The Hall–Kier alpha value is -1.39. The molecule has 0 saturated carbocycles. The minimum Gasteiger partial charge on any atom is -0.506 e. The number of hydrogen-bond acceptors (Lipinski definition) is 1. The molecule has 0 fully saturated rings. The second kappa shape index (κ2) is 4.71. The van der Waals surface area contributed by atoms with E-state index in [4.69, 9.17) is 23.2 Å². The number of phenolic OH excluding ortho intramolecular Hbond substituents is 1. The molecule has 0 atom stereocenters. The summed E-state index contributed by atoms with van der Waals surface area (Å²) < 4.78 is 39.5. The van der Waals surface area contributed by atoms with Crippen molar-refractivity contribution >= 4 is 23.2 Å². The summed E-state index contributed by atoms with van der Waals surface area (Å²) in [5, 5.41) is 9.20. The van der Waals surface area contributed by atoms with Crippen molar-refractivity contribution in [1.29, 1.82) is 0 Å². The Balaban J connectivity index is 2.70. The molecule has 0 bridgehead atoms. The molecule has 1 N–H and O–H groups in total. The molecule has 2 rings (SSSR count). The Morgan fingerprint density at radius 3 is 2.17 bits per heavy atom. The van der Waals surface area contributed by atoms with Gasteiger partial charge in [-0.1, -0.05) is 23.2 Å². The molecule has 94 valence electrons. The van der Waals surface area contributed by atoms with Crippen LogP contribution in [0.2, 0.25) is 10.0 Å². The van der Waals surface area contributed by atoms with Crippen LogP contribution in [0.15, 0.2) is 24.3 Å². The molecule has 0 aliphatic heterocycles. The molecule has 0 unspecified atom stereocenters. The number of hydrogen-bond donors (Lipinski definition) is 1. The van der Waals surface area contributed by atoms with Gasteiger partial charge in [0, 0.05) is 17.2 Å². The summed E-state index contributed by atoms with van der Waals surface area (Å²) in [6.45, 7) is 0. The second-order valence-electron chi connectivity index (χ2n) is 3.51. The van der Waals surface area contributed by atoms with E-state index < -0.39 is 17.5 Å². The van der Waals surface area contributed by atoms with Gasteiger partial charge in [0.2, 0.25) is 0 Å². The van der Waals surface area contributed by atoms with Crippen LogP contribution in [0, 0.1) is 17.5 Å². The zero-order valence-corrected chi connectivity index (χ0v) is 10.2. The van der Waals surface area contributed by atoms with Crippen molar-refractivity contribution in [3.8, 4) is 16.9 Å². The molecule has 0 aliphatic carbocycles. The van der Waals surface area contributed by atoms with Crippen molar-refractivity contribution in [2.45, 2.75) is 0 Å². The third kappa shape index (κ3) is 2.13. The molecular formula is C12H5Cl2F3O. The summed E-state index contributed by atoms with van der Waals surface area (Å²) in [6.07, 6.45) is 0. The fraction of sp³-hybridized carbons (Fsp3) is 0. The van der Waals surface area contributed by atoms with Crippen molar-refractivity contribution in [1.82, 2.24) is 0 Å². The minimum absolute atomic E-state index is 0.0261. The van der Waals surface area contributed by atoms with E-state index in [0.717, 1.165) is 18.2 Å². The SMILES string of the molecule is Oc1cc(Cl)c(-c2ccc(F)c(F)c2F)cc1Cl. The van der Waals surface area contributed by atoms with Gasteiger partial charge in [-0.3, -0.25) is 0 Å². The van der Waals surface area contributed by atoms with Gasteiger partial charge in [0.1, 0.15) is 5.75 Å². The standard InChI is InChI=1S/C12H5Cl2F3O/c13-7-4-10(18)8(14)3-6(7)5-1-2-9(15)12(17)11(5)16/h1-4,18H. The second-order valence-corrected chi connectivity index (χ2v) is 4.32. The van der Waals surface area contributed by atoms with E-state index in [1.807, 2.05) is 0 Å². The van der Waals surface area contributed by atoms with Gasteiger partial charge in [-0.15, -0.1) is 0 Å². The van der Waals surface area contributed by atoms with E-state index in [0.29, 0.717) is 0 Å². The van der Waals surface area contributed by atoms with Gasteiger partial charge in [-0.05, 0) is 18.2 Å². The Morgan fingerprint density at radius 1 is 0.833 bits per heavy atom. The summed E-state index contributed by atoms with van der Waals surface area (Å²) in [7, 11) is 0. The lowest BCUT2D eigenvalue weighted by atomic mass is 10.0. The number of aromatic hydroxyl groups is 1. The van der Waals surface area contributed by atoms with Gasteiger partial charge in [0.25, 0.3) is 0 Å². The lowest BCUT2D eigenvalue weighted by Gasteiger charge is -2.08. The largest absolute Gasteiger partial charge is 0.506 e. The van der Waals surface area contributed by atoms with Gasteiger partial charge in [0.15, 0.2) is 17.5 Å². The van der Waals surface area contributed by atoms with Crippen molar-refractivity contribution in [3.63, 3.8) is 0 Å². The molecule has 1 nitrogen and oxygen atoms in total. The number of benzene rings is 2. The molecule has 6 heteroatoms. The Kier molecular flexibility index (Phi) is 3.41. The van der Waals surface area contributed by atoms with Crippen molar-refractivity contribution in [2.75, 3.05) is 0 Å². The predicted molar refractivity (Wildman–Crippen MR) is 63.4 cm³/mol. The van der Waals surface area contributed by atoms with Crippen LogP contribution in [0.3, 0.4) is 0 Å². The molecule has 0 aliphatic rings. The van der Waals surface area contributed by atoms with Crippen LogP contribution in [0.4, 0.5) is 13.2 Å². The van der Waals surface area contributed by atoms with Crippen molar-refractivity contribution in [3.05, 3.63) is 51.8 Å². The van der Waals surface area contributed by atoms with Gasteiger partial charge in [-0.25, -0.2) is 13.2 Å². The smallest absolute Gasteiger partial charge is 0.195 e. The topological polar surface area (TPSA) is 20.2 Å². The fourth-order valence-electron chi connectivity index (χ4n) is 1.48. The maximum atomic E-state index is 13.6. The summed E-state index contributed by atoms with van der Waals surface area (Å²) in [5.74, 6) is -4.53. The first kappa shape index (κ1) is 13.1. The average Bonchev–Trinajstić information content (AvgIpc) is 2.32. The minimum atomic E-state index is -1.59. The van der Waals surface area contributed by atoms with Crippen LogP contribution in [-0.2, 0) is 0 Å². The Morgan fingerprint density at radius 2 is 1.50 bits per heavy atom. The van der Waals surface area contributed by atoms with E-state index in [-0.39, 0.29) is 26.9 Å². The molecule has 0 spiro atoms. The normalized spacial score (nSPS) is 10.7. The van der Waals surface area contributed by atoms with E-state index in [1.165, 1.54) is 6.07 Å². The first-order valence-electron chi connectivity index (χ1n) is 4.73. The monoisotopic (exact) mass is 292 g/mol. The van der Waals surface area contributed by atoms with Gasteiger partial charge >= 0.3 is 0 Å². The molecule has 0 amide bonds. The lowest BCUT2D eigenvalue weighted by Crippen LogP contribution is -1.94. The van der Waals surface area contributed by atoms with E-state index in [2.05, 4.69) is 0 Å². The fourth-order valence-corrected chi connectivity index (χ4v) is 1.90. The summed E-state index contributed by atoms with van der Waals surface area (Å²) in [4.78, 5) is 0. The van der Waals surface area contributed by atoms with Crippen LogP contribution >= 0.6 is 23.2 Å². The molecule has 2 aromatic rings. The maximum Gasteiger partial charge on any atom is 0.195 e. The molecule has 0 saturated heterocycles. The molecule has 0 aromatic heterocycles. The molecule has 2 aromatic carbocycles. The first-order valence-corrected chi connectivity index (χ1v) is 5.49. The predicted octanol–water partition coefficient (Wildman–Crippen LogP) is 4.78. The molecule has 18 heavy (non-hydrogen) atoms. The first-order chi connectivity index (χ1) is 8.41. The van der Waals surface area contributed by atoms with Crippen molar-refractivity contribution in [2.24, 2.45) is 0 Å². The molecular weight excluding hydrogens is 288 g/mol. The highest BCUT2D eigenvalue weighted by Gasteiger charge is 2.17. The Bertz CT molecular complexity index is 629. The van der Waals surface area contributed by atoms with Crippen molar-refractivity contribution < 1.29 is 18.3 Å². The highest BCUT2D eigenvalue weighted by Crippen LogP contribution is 2.37. The number of rotatable bonds is 1. The highest BCUT2D eigenvalue weighted by atomic mass is 35.5. The summed E-state index contributed by atoms with van der Waals surface area (Å²) >= 11 is 11.5. The molecule has 0 radical (unpaired) electrons. The molecule has 0 heterocycles. The zero-order valence-electron chi connectivity index (χ0n) is 8.65. The van der Waals surface area contributed by atoms with Crippen LogP contribution in [0.1, 0.15) is 0 Å². The average molecular weight is 293 g/mol. The Labute approximate surface area is 110 Å². The van der Waals surface area contributed by atoms with E-state index in [1.54, 1.807) is 0 Å². The van der Waals surface area contributed by atoms with E-state index >= 15 is 0 Å². The van der Waals surface area contributed by atoms with E-state index in [9.17, 15) is 18.3 Å². The van der Waals surface area contributed by atoms with Crippen LogP contribution in [0.25, 0.3) is 11.1 Å². The third-order valence-corrected chi connectivity index (χ3v) is 2.98. The summed E-state index contributed by atoms with van der Waals surface area (Å²) in [5.41, 5.74) is -0.170. The lowest BCUT2D eigenvalue weighted by molar-refractivity contribution is 0.449. The van der Waals surface area contributed by atoms with Gasteiger partial charge in [0.05, 0.1) is 10.0 Å². The van der Waals surface area contributed by atoms with Crippen LogP contribution in [0.5, 0.6) is 5.75 Å². The third-order valence-electron chi connectivity index (χ3n) is 2.36. The van der Waals surface area contributed by atoms with Gasteiger partial charge < -0.3 is 5.11 Å². The zero-order chi connectivity index (χ0) is 13.4. The quantitative estimate of drug-likeness (QED) is 0.750. The number of phenols is 1. The summed E-state index contributed by atoms with van der Waals surface area (Å²) in [6, 6.07) is 4.10. The highest BCUT2D eigenvalue weighted by molar-refractivity contribution is 6.36. The van der Waals surface area contributed by atoms with Crippen LogP contribution in [-0.4, -0.2) is 5.11 Å². The van der Waals surface area contributed by atoms with Crippen LogP contribution < -0.4 is 0 Å². The van der Waals surface area contributed by atoms with Gasteiger partial charge in [-0.2, -0.15) is 0 Å². The maximum absolute atomic E-state index is 13.6. The number of halogens is 5.